The summed E-state index contributed by atoms with van der Waals surface area (Å²) in [6, 6.07) is 0. The van der Waals surface area contributed by atoms with E-state index in [4.69, 9.17) is 0 Å². The first kappa shape index (κ1) is 13.8. The summed E-state index contributed by atoms with van der Waals surface area (Å²) in [5.41, 5.74) is -1.07. The molecule has 4 heteroatoms. The molecule has 1 nitrogen and oxygen atoms in total. The Labute approximate surface area is 83.6 Å². The standard InChI is InChI=1S/C10H19F3O/c1-8(2,3)7(9(4,5)6)14-10(11,12)13/h7H,1-6H3. The quantitative estimate of drug-likeness (QED) is 0.638. The van der Waals surface area contributed by atoms with E-state index in [1.807, 2.05) is 0 Å². The van der Waals surface area contributed by atoms with Crippen LogP contribution in [0.1, 0.15) is 41.5 Å². The van der Waals surface area contributed by atoms with Crippen molar-refractivity contribution in [3.8, 4) is 0 Å². The molecule has 86 valence electrons. The monoisotopic (exact) mass is 212 g/mol. The maximum absolute atomic E-state index is 12.1. The molecule has 0 aliphatic carbocycles. The summed E-state index contributed by atoms with van der Waals surface area (Å²) >= 11 is 0. The van der Waals surface area contributed by atoms with Crippen LogP contribution in [0, 0.1) is 10.8 Å². The summed E-state index contributed by atoms with van der Waals surface area (Å²) in [4.78, 5) is 0. The summed E-state index contributed by atoms with van der Waals surface area (Å²) in [6.45, 7) is 10.5. The van der Waals surface area contributed by atoms with Crippen molar-refractivity contribution in [3.63, 3.8) is 0 Å². The number of halogens is 3. The third kappa shape index (κ3) is 4.84. The van der Waals surface area contributed by atoms with Crippen molar-refractivity contribution in [2.24, 2.45) is 10.8 Å². The third-order valence-electron chi connectivity index (χ3n) is 1.82. The predicted molar refractivity (Wildman–Crippen MR) is 49.8 cm³/mol. The first-order valence-corrected chi connectivity index (χ1v) is 4.58. The van der Waals surface area contributed by atoms with Gasteiger partial charge in [0.1, 0.15) is 0 Å². The fourth-order valence-electron chi connectivity index (χ4n) is 1.79. The summed E-state index contributed by atoms with van der Waals surface area (Å²) in [5.74, 6) is 0. The Morgan fingerprint density at radius 3 is 1.14 bits per heavy atom. The highest BCUT2D eigenvalue weighted by atomic mass is 19.4. The van der Waals surface area contributed by atoms with E-state index in [1.54, 1.807) is 41.5 Å². The van der Waals surface area contributed by atoms with Crippen LogP contribution in [-0.2, 0) is 4.74 Å². The van der Waals surface area contributed by atoms with Crippen molar-refractivity contribution in [2.75, 3.05) is 0 Å². The molecule has 0 aromatic carbocycles. The lowest BCUT2D eigenvalue weighted by molar-refractivity contribution is -0.365. The van der Waals surface area contributed by atoms with Crippen LogP contribution in [-0.4, -0.2) is 12.5 Å². The predicted octanol–water partition coefficient (Wildman–Crippen LogP) is 3.98. The molecule has 0 rings (SSSR count). The summed E-state index contributed by atoms with van der Waals surface area (Å²) in [7, 11) is 0. The van der Waals surface area contributed by atoms with Gasteiger partial charge in [-0.3, -0.25) is 4.74 Å². The average molecular weight is 212 g/mol. The van der Waals surface area contributed by atoms with E-state index in [0.717, 1.165) is 0 Å². The van der Waals surface area contributed by atoms with Crippen molar-refractivity contribution < 1.29 is 17.9 Å². The Morgan fingerprint density at radius 1 is 0.786 bits per heavy atom. The molecule has 0 aromatic heterocycles. The second kappa shape index (κ2) is 3.72. The van der Waals surface area contributed by atoms with Gasteiger partial charge in [0.2, 0.25) is 0 Å². The zero-order valence-electron chi connectivity index (χ0n) is 9.62. The molecule has 0 aliphatic rings. The van der Waals surface area contributed by atoms with Crippen LogP contribution in [0.4, 0.5) is 13.2 Å². The maximum Gasteiger partial charge on any atom is 0.522 e. The topological polar surface area (TPSA) is 9.23 Å². The molecule has 0 aromatic rings. The van der Waals surface area contributed by atoms with Gasteiger partial charge in [0.25, 0.3) is 0 Å². The van der Waals surface area contributed by atoms with E-state index >= 15 is 0 Å². The Bertz CT molecular complexity index is 169. The van der Waals surface area contributed by atoms with E-state index in [-0.39, 0.29) is 0 Å². The number of alkyl halides is 3. The van der Waals surface area contributed by atoms with Crippen molar-refractivity contribution in [2.45, 2.75) is 54.0 Å². The van der Waals surface area contributed by atoms with Gasteiger partial charge < -0.3 is 0 Å². The minimum atomic E-state index is -4.56. The zero-order chi connectivity index (χ0) is 11.8. The van der Waals surface area contributed by atoms with Gasteiger partial charge in [0.05, 0.1) is 6.10 Å². The molecule has 0 amide bonds. The van der Waals surface area contributed by atoms with Crippen LogP contribution >= 0.6 is 0 Å². The molecular formula is C10H19F3O. The first-order chi connectivity index (χ1) is 5.84. The normalized spacial score (nSPS) is 15.0. The average Bonchev–Trinajstić information content (AvgIpc) is 1.75. The number of ether oxygens (including phenoxy) is 1. The molecular weight excluding hydrogens is 193 g/mol. The molecule has 0 unspecified atom stereocenters. The van der Waals surface area contributed by atoms with Crippen LogP contribution in [0.3, 0.4) is 0 Å². The minimum absolute atomic E-state index is 0.534. The van der Waals surface area contributed by atoms with Crippen LogP contribution < -0.4 is 0 Å². The van der Waals surface area contributed by atoms with Crippen LogP contribution in [0.15, 0.2) is 0 Å². The summed E-state index contributed by atoms with van der Waals surface area (Å²) in [5, 5.41) is 0. The van der Waals surface area contributed by atoms with Crippen molar-refractivity contribution in [3.05, 3.63) is 0 Å². The molecule has 0 atom stereocenters. The smallest absolute Gasteiger partial charge is 0.287 e. The lowest BCUT2D eigenvalue weighted by atomic mass is 9.74. The van der Waals surface area contributed by atoms with Crippen molar-refractivity contribution in [1.82, 2.24) is 0 Å². The highest BCUT2D eigenvalue weighted by Gasteiger charge is 2.44. The van der Waals surface area contributed by atoms with Crippen molar-refractivity contribution >= 4 is 0 Å². The second-order valence-corrected chi connectivity index (χ2v) is 5.68. The number of rotatable bonds is 1. The SMILES string of the molecule is CC(C)(C)C(OC(F)(F)F)C(C)(C)C. The van der Waals surface area contributed by atoms with E-state index in [1.165, 1.54) is 0 Å². The fraction of sp³-hybridized carbons (Fsp3) is 1.00. The summed E-state index contributed by atoms with van der Waals surface area (Å²) in [6.07, 6.45) is -5.42. The molecule has 0 N–H and O–H groups in total. The third-order valence-corrected chi connectivity index (χ3v) is 1.82. The van der Waals surface area contributed by atoms with Gasteiger partial charge in [0, 0.05) is 0 Å². The molecule has 0 saturated heterocycles. The van der Waals surface area contributed by atoms with E-state index in [9.17, 15) is 13.2 Å². The lowest BCUT2D eigenvalue weighted by Gasteiger charge is -2.40. The van der Waals surface area contributed by atoms with Crippen molar-refractivity contribution in [1.29, 1.82) is 0 Å². The molecule has 0 radical (unpaired) electrons. The molecule has 0 saturated carbocycles. The van der Waals surface area contributed by atoms with Crippen LogP contribution in [0.2, 0.25) is 0 Å². The zero-order valence-corrected chi connectivity index (χ0v) is 9.62. The summed E-state index contributed by atoms with van der Waals surface area (Å²) < 4.78 is 40.6. The lowest BCUT2D eigenvalue weighted by Crippen LogP contribution is -2.43. The van der Waals surface area contributed by atoms with E-state index in [0.29, 0.717) is 0 Å². The van der Waals surface area contributed by atoms with Gasteiger partial charge in [-0.25, -0.2) is 0 Å². The van der Waals surface area contributed by atoms with Crippen LogP contribution in [0.5, 0.6) is 0 Å². The first-order valence-electron chi connectivity index (χ1n) is 4.58. The van der Waals surface area contributed by atoms with E-state index < -0.39 is 23.3 Å². The van der Waals surface area contributed by atoms with Gasteiger partial charge >= 0.3 is 6.36 Å². The maximum atomic E-state index is 12.1. The Morgan fingerprint density at radius 2 is 1.07 bits per heavy atom. The highest BCUT2D eigenvalue weighted by Crippen LogP contribution is 2.39. The largest absolute Gasteiger partial charge is 0.522 e. The van der Waals surface area contributed by atoms with Gasteiger partial charge in [-0.2, -0.15) is 0 Å². The minimum Gasteiger partial charge on any atom is -0.287 e. The Hall–Kier alpha value is -0.250. The fourth-order valence-corrected chi connectivity index (χ4v) is 1.79. The van der Waals surface area contributed by atoms with Gasteiger partial charge in [-0.1, -0.05) is 41.5 Å². The molecule has 14 heavy (non-hydrogen) atoms. The molecule has 0 spiro atoms. The highest BCUT2D eigenvalue weighted by molar-refractivity contribution is 4.85. The Kier molecular flexibility index (Phi) is 3.65. The van der Waals surface area contributed by atoms with Gasteiger partial charge in [-0.05, 0) is 10.8 Å². The second-order valence-electron chi connectivity index (χ2n) is 5.68. The number of hydrogen-bond donors (Lipinski definition) is 0. The van der Waals surface area contributed by atoms with Gasteiger partial charge in [-0.15, -0.1) is 13.2 Å². The van der Waals surface area contributed by atoms with E-state index in [2.05, 4.69) is 4.74 Å². The molecule has 0 aliphatic heterocycles. The molecule has 0 bridgehead atoms. The molecule has 0 heterocycles. The van der Waals surface area contributed by atoms with Gasteiger partial charge in [0.15, 0.2) is 0 Å². The molecule has 0 fully saturated rings. The van der Waals surface area contributed by atoms with Crippen LogP contribution in [0.25, 0.3) is 0 Å². The number of hydrogen-bond acceptors (Lipinski definition) is 1. The Balaban J connectivity index is 4.78.